The average molecular weight is 455 g/mol. The molecule has 2 atom stereocenters. The first-order chi connectivity index (χ1) is 14.9. The third-order valence-electron chi connectivity index (χ3n) is 6.32. The second kappa shape index (κ2) is 9.26. The number of nitrogens with zero attached hydrogens (tertiary/aromatic N) is 1. The number of hydrogen-bond acceptors (Lipinski definition) is 6. The molecule has 32 heavy (non-hydrogen) atoms. The van der Waals surface area contributed by atoms with Gasteiger partial charge in [0.15, 0.2) is 11.0 Å². The minimum absolute atomic E-state index is 0.0296. The van der Waals surface area contributed by atoms with E-state index in [0.717, 1.165) is 21.6 Å². The molecule has 1 saturated heterocycles. The molecule has 0 spiro atoms. The van der Waals surface area contributed by atoms with Crippen LogP contribution < -0.4 is 5.73 Å². The maximum absolute atomic E-state index is 13.3. The molecule has 172 valence electrons. The Kier molecular flexibility index (Phi) is 7.03. The number of aryl methyl sites for hydroxylation is 2. The van der Waals surface area contributed by atoms with Crippen molar-refractivity contribution >= 4 is 29.2 Å². The van der Waals surface area contributed by atoms with E-state index in [-0.39, 0.29) is 23.5 Å². The van der Waals surface area contributed by atoms with Gasteiger partial charge in [-0.2, -0.15) is 0 Å². The van der Waals surface area contributed by atoms with E-state index in [9.17, 15) is 9.59 Å². The van der Waals surface area contributed by atoms with Crippen molar-refractivity contribution in [1.82, 2.24) is 4.98 Å². The second-order valence-electron chi connectivity index (χ2n) is 10.1. The predicted molar refractivity (Wildman–Crippen MR) is 130 cm³/mol. The number of pyridine rings is 1. The lowest BCUT2D eigenvalue weighted by atomic mass is 9.78. The Morgan fingerprint density at radius 1 is 1.28 bits per heavy atom. The van der Waals surface area contributed by atoms with Gasteiger partial charge in [-0.3, -0.25) is 14.6 Å². The van der Waals surface area contributed by atoms with Crippen molar-refractivity contribution in [3.63, 3.8) is 0 Å². The van der Waals surface area contributed by atoms with Crippen molar-refractivity contribution in [3.8, 4) is 0 Å². The first kappa shape index (κ1) is 24.3. The van der Waals surface area contributed by atoms with Crippen LogP contribution in [-0.2, 0) is 26.2 Å². The van der Waals surface area contributed by atoms with E-state index in [1.807, 2.05) is 51.2 Å². The maximum atomic E-state index is 13.3. The SMILES string of the molecule is Cc1cc(SC2C(=O)CC(CCc3cccnc3)(C(C)C)OC2=O)c(C(C)(C)C)cc1N. The van der Waals surface area contributed by atoms with E-state index in [2.05, 4.69) is 25.8 Å². The number of aromatic nitrogens is 1. The van der Waals surface area contributed by atoms with Crippen LogP contribution in [0.25, 0.3) is 0 Å². The number of ketones is 1. The normalized spacial score (nSPS) is 21.7. The number of cyclic esters (lactones) is 1. The standard InChI is InChI=1S/C26H34N2O3S/c1-16(2)26(10-9-18-8-7-11-28-15-18)14-21(29)23(24(30)31-26)32-22-12-17(3)20(27)13-19(22)25(4,5)6/h7-8,11-13,15-16,23H,9-10,14,27H2,1-6H3. The molecule has 1 aliphatic rings. The third kappa shape index (κ3) is 5.17. The van der Waals surface area contributed by atoms with E-state index < -0.39 is 16.8 Å². The summed E-state index contributed by atoms with van der Waals surface area (Å²) in [5.74, 6) is -0.483. The molecule has 1 aromatic heterocycles. The van der Waals surface area contributed by atoms with Crippen LogP contribution in [0.15, 0.2) is 41.6 Å². The van der Waals surface area contributed by atoms with Gasteiger partial charge in [0.25, 0.3) is 0 Å². The van der Waals surface area contributed by atoms with Gasteiger partial charge in [0.1, 0.15) is 5.60 Å². The number of nitrogen functional groups attached to an aromatic ring is 1. The van der Waals surface area contributed by atoms with Crippen molar-refractivity contribution < 1.29 is 14.3 Å². The Morgan fingerprint density at radius 3 is 2.56 bits per heavy atom. The highest BCUT2D eigenvalue weighted by atomic mass is 32.2. The Morgan fingerprint density at radius 2 is 2.00 bits per heavy atom. The molecule has 1 aromatic carbocycles. The van der Waals surface area contributed by atoms with Crippen LogP contribution in [0.1, 0.15) is 64.2 Å². The van der Waals surface area contributed by atoms with Crippen LogP contribution in [0, 0.1) is 12.8 Å². The van der Waals surface area contributed by atoms with E-state index in [1.54, 1.807) is 6.20 Å². The fraction of sp³-hybridized carbons (Fsp3) is 0.500. The highest BCUT2D eigenvalue weighted by molar-refractivity contribution is 8.01. The molecule has 2 aromatic rings. The van der Waals surface area contributed by atoms with Crippen molar-refractivity contribution in [2.75, 3.05) is 5.73 Å². The fourth-order valence-corrected chi connectivity index (χ4v) is 5.43. The van der Waals surface area contributed by atoms with Crippen molar-refractivity contribution in [3.05, 3.63) is 53.3 Å². The molecule has 0 radical (unpaired) electrons. The Balaban J connectivity index is 1.84. The van der Waals surface area contributed by atoms with Gasteiger partial charge in [0.05, 0.1) is 0 Å². The summed E-state index contributed by atoms with van der Waals surface area (Å²) in [6.07, 6.45) is 5.08. The first-order valence-electron chi connectivity index (χ1n) is 11.1. The molecule has 2 heterocycles. The number of esters is 1. The quantitative estimate of drug-likeness (QED) is 0.364. The molecular formula is C26H34N2O3S. The lowest BCUT2D eigenvalue weighted by Crippen LogP contribution is -2.52. The number of carbonyl (C=O) groups excluding carboxylic acids is 2. The summed E-state index contributed by atoms with van der Waals surface area (Å²) in [5.41, 5.74) is 8.95. The van der Waals surface area contributed by atoms with Crippen LogP contribution in [0.5, 0.6) is 0 Å². The maximum Gasteiger partial charge on any atom is 0.327 e. The van der Waals surface area contributed by atoms with Gasteiger partial charge < -0.3 is 10.5 Å². The van der Waals surface area contributed by atoms with Gasteiger partial charge in [-0.15, -0.1) is 11.8 Å². The molecule has 2 N–H and O–H groups in total. The van der Waals surface area contributed by atoms with E-state index >= 15 is 0 Å². The lowest BCUT2D eigenvalue weighted by molar-refractivity contribution is -0.176. The van der Waals surface area contributed by atoms with Gasteiger partial charge in [0, 0.05) is 29.4 Å². The minimum atomic E-state index is -0.857. The highest BCUT2D eigenvalue weighted by Crippen LogP contribution is 2.43. The van der Waals surface area contributed by atoms with E-state index in [1.165, 1.54) is 11.8 Å². The molecule has 5 nitrogen and oxygen atoms in total. The molecule has 0 aliphatic carbocycles. The molecule has 0 bridgehead atoms. The average Bonchev–Trinajstić information content (AvgIpc) is 2.71. The van der Waals surface area contributed by atoms with E-state index in [4.69, 9.17) is 10.5 Å². The zero-order valence-electron chi connectivity index (χ0n) is 19.9. The Bertz CT molecular complexity index is 978. The number of ether oxygens (including phenoxy) is 1. The number of hydrogen-bond donors (Lipinski definition) is 1. The number of carbonyl (C=O) groups is 2. The highest BCUT2D eigenvalue weighted by Gasteiger charge is 2.49. The first-order valence-corrected chi connectivity index (χ1v) is 12.0. The number of Topliss-reactive ketones (excluding diaryl/α,β-unsaturated/α-hetero) is 1. The second-order valence-corrected chi connectivity index (χ2v) is 11.2. The smallest absolute Gasteiger partial charge is 0.327 e. The zero-order valence-corrected chi connectivity index (χ0v) is 20.7. The van der Waals surface area contributed by atoms with E-state index in [0.29, 0.717) is 18.5 Å². The van der Waals surface area contributed by atoms with Gasteiger partial charge in [-0.1, -0.05) is 40.7 Å². The molecule has 2 unspecified atom stereocenters. The summed E-state index contributed by atoms with van der Waals surface area (Å²) in [6.45, 7) is 12.3. The largest absolute Gasteiger partial charge is 0.457 e. The lowest BCUT2D eigenvalue weighted by Gasteiger charge is -2.41. The number of benzene rings is 1. The van der Waals surface area contributed by atoms with Gasteiger partial charge >= 0.3 is 5.97 Å². The predicted octanol–water partition coefficient (Wildman–Crippen LogP) is 5.27. The van der Waals surface area contributed by atoms with Crippen LogP contribution in [0.3, 0.4) is 0 Å². The van der Waals surface area contributed by atoms with Crippen LogP contribution >= 0.6 is 11.8 Å². The zero-order chi connectivity index (χ0) is 23.7. The summed E-state index contributed by atoms with van der Waals surface area (Å²) in [4.78, 5) is 31.5. The molecule has 1 fully saturated rings. The molecular weight excluding hydrogens is 420 g/mol. The monoisotopic (exact) mass is 454 g/mol. The van der Waals surface area contributed by atoms with Gasteiger partial charge in [-0.05, 0) is 66.0 Å². The summed E-state index contributed by atoms with van der Waals surface area (Å²) < 4.78 is 6.07. The van der Waals surface area contributed by atoms with Crippen LogP contribution in [0.4, 0.5) is 5.69 Å². The molecule has 6 heteroatoms. The van der Waals surface area contributed by atoms with Crippen LogP contribution in [0.2, 0.25) is 0 Å². The Hall–Kier alpha value is -2.34. The summed E-state index contributed by atoms with van der Waals surface area (Å²) >= 11 is 1.29. The molecule has 0 saturated carbocycles. The summed E-state index contributed by atoms with van der Waals surface area (Å²) in [7, 11) is 0. The fourth-order valence-electron chi connectivity index (χ4n) is 4.08. The van der Waals surface area contributed by atoms with Crippen molar-refractivity contribution in [2.45, 2.75) is 82.0 Å². The number of anilines is 1. The molecule has 0 amide bonds. The minimum Gasteiger partial charge on any atom is -0.457 e. The number of thioether (sulfide) groups is 1. The van der Waals surface area contributed by atoms with Gasteiger partial charge in [0.2, 0.25) is 0 Å². The van der Waals surface area contributed by atoms with Crippen LogP contribution in [-0.4, -0.2) is 27.6 Å². The Labute approximate surface area is 195 Å². The number of nitrogens with two attached hydrogens (primary N) is 1. The summed E-state index contributed by atoms with van der Waals surface area (Å²) in [5, 5.41) is -0.857. The third-order valence-corrected chi connectivity index (χ3v) is 7.60. The molecule has 1 aliphatic heterocycles. The topological polar surface area (TPSA) is 82.3 Å². The van der Waals surface area contributed by atoms with Gasteiger partial charge in [-0.25, -0.2) is 0 Å². The summed E-state index contributed by atoms with van der Waals surface area (Å²) in [6, 6.07) is 7.84. The number of rotatable bonds is 6. The van der Waals surface area contributed by atoms with Crippen molar-refractivity contribution in [1.29, 1.82) is 0 Å². The molecule has 3 rings (SSSR count). The van der Waals surface area contributed by atoms with Crippen molar-refractivity contribution in [2.24, 2.45) is 5.92 Å².